The molecular weight excluding hydrogens is 378 g/mol. The number of pyridine rings is 2. The minimum atomic E-state index is -0.121. The number of aryl methyl sites for hydroxylation is 1. The molecule has 0 atom stereocenters. The molecule has 4 rings (SSSR count). The van der Waals surface area contributed by atoms with Crippen molar-refractivity contribution < 1.29 is 4.74 Å². The average Bonchev–Trinajstić information content (AvgIpc) is 3.26. The lowest BCUT2D eigenvalue weighted by molar-refractivity contribution is 0.327. The molecule has 3 heterocycles. The monoisotopic (exact) mass is 397 g/mol. The van der Waals surface area contributed by atoms with Gasteiger partial charge in [-0.1, -0.05) is 12.1 Å². The molecule has 0 spiro atoms. The number of hydrogen-bond donors (Lipinski definition) is 0. The van der Waals surface area contributed by atoms with Crippen LogP contribution < -0.4 is 10.3 Å². The third-order valence-electron chi connectivity index (χ3n) is 4.73. The summed E-state index contributed by atoms with van der Waals surface area (Å²) in [6.07, 6.45) is 7.05. The molecular formula is C23H19N5O2. The summed E-state index contributed by atoms with van der Waals surface area (Å²) in [6, 6.07) is 14.7. The SMILES string of the molecule is CCOc1ccc(-c2cc(=O)n(C)cc2-c2cnn(-c3ccccc3C#N)c2)cn1. The highest BCUT2D eigenvalue weighted by atomic mass is 16.5. The fourth-order valence-corrected chi connectivity index (χ4v) is 3.23. The van der Waals surface area contributed by atoms with Crippen molar-refractivity contribution in [2.24, 2.45) is 7.05 Å². The van der Waals surface area contributed by atoms with E-state index in [1.54, 1.807) is 48.5 Å². The molecule has 0 radical (unpaired) electrons. The molecule has 148 valence electrons. The highest BCUT2D eigenvalue weighted by Crippen LogP contribution is 2.31. The van der Waals surface area contributed by atoms with Crippen LogP contribution in [0.2, 0.25) is 0 Å². The lowest BCUT2D eigenvalue weighted by atomic mass is 9.99. The van der Waals surface area contributed by atoms with Crippen LogP contribution in [-0.2, 0) is 7.05 Å². The van der Waals surface area contributed by atoms with Crippen LogP contribution in [0.15, 0.2) is 72.0 Å². The molecule has 0 saturated heterocycles. The van der Waals surface area contributed by atoms with Crippen LogP contribution in [0.5, 0.6) is 5.88 Å². The van der Waals surface area contributed by atoms with Gasteiger partial charge in [0, 0.05) is 54.5 Å². The fourth-order valence-electron chi connectivity index (χ4n) is 3.23. The van der Waals surface area contributed by atoms with Crippen LogP contribution >= 0.6 is 0 Å². The molecule has 7 nitrogen and oxygen atoms in total. The van der Waals surface area contributed by atoms with Gasteiger partial charge < -0.3 is 9.30 Å². The van der Waals surface area contributed by atoms with Gasteiger partial charge in [-0.3, -0.25) is 4.79 Å². The van der Waals surface area contributed by atoms with Crippen molar-refractivity contribution in [3.63, 3.8) is 0 Å². The van der Waals surface area contributed by atoms with Crippen LogP contribution in [0.1, 0.15) is 12.5 Å². The Hall–Kier alpha value is -4.18. The normalized spacial score (nSPS) is 10.6. The van der Waals surface area contributed by atoms with Crippen molar-refractivity contribution in [3.8, 4) is 39.9 Å². The minimum Gasteiger partial charge on any atom is -0.478 e. The number of nitriles is 1. The van der Waals surface area contributed by atoms with Crippen molar-refractivity contribution in [1.82, 2.24) is 19.3 Å². The van der Waals surface area contributed by atoms with E-state index in [9.17, 15) is 10.1 Å². The van der Waals surface area contributed by atoms with E-state index in [1.165, 1.54) is 4.57 Å². The summed E-state index contributed by atoms with van der Waals surface area (Å²) >= 11 is 0. The van der Waals surface area contributed by atoms with E-state index in [0.717, 1.165) is 22.3 Å². The number of ether oxygens (including phenoxy) is 1. The van der Waals surface area contributed by atoms with Gasteiger partial charge in [0.25, 0.3) is 5.56 Å². The number of para-hydroxylation sites is 1. The first-order chi connectivity index (χ1) is 14.6. The van der Waals surface area contributed by atoms with Crippen molar-refractivity contribution in [2.75, 3.05) is 6.61 Å². The number of aromatic nitrogens is 4. The van der Waals surface area contributed by atoms with Gasteiger partial charge in [0.05, 0.1) is 24.1 Å². The smallest absolute Gasteiger partial charge is 0.250 e. The summed E-state index contributed by atoms with van der Waals surface area (Å²) in [5.74, 6) is 0.535. The summed E-state index contributed by atoms with van der Waals surface area (Å²) in [5.41, 5.74) is 4.32. The van der Waals surface area contributed by atoms with E-state index in [2.05, 4.69) is 16.2 Å². The third-order valence-corrected chi connectivity index (χ3v) is 4.73. The van der Waals surface area contributed by atoms with Crippen LogP contribution in [-0.4, -0.2) is 25.9 Å². The summed E-state index contributed by atoms with van der Waals surface area (Å²) < 4.78 is 8.61. The second-order valence-corrected chi connectivity index (χ2v) is 6.67. The van der Waals surface area contributed by atoms with Crippen LogP contribution in [0.25, 0.3) is 27.9 Å². The van der Waals surface area contributed by atoms with Crippen molar-refractivity contribution in [1.29, 1.82) is 5.26 Å². The van der Waals surface area contributed by atoms with Gasteiger partial charge in [-0.2, -0.15) is 10.4 Å². The predicted molar refractivity (Wildman–Crippen MR) is 113 cm³/mol. The fraction of sp³-hybridized carbons (Fsp3) is 0.130. The number of benzene rings is 1. The zero-order valence-electron chi connectivity index (χ0n) is 16.6. The second-order valence-electron chi connectivity index (χ2n) is 6.67. The molecule has 4 aromatic rings. The Labute approximate surface area is 173 Å². The van der Waals surface area contributed by atoms with E-state index < -0.39 is 0 Å². The largest absolute Gasteiger partial charge is 0.478 e. The number of nitrogens with zero attached hydrogens (tertiary/aromatic N) is 5. The topological polar surface area (TPSA) is 85.7 Å². The van der Waals surface area contributed by atoms with Crippen molar-refractivity contribution >= 4 is 0 Å². The molecule has 1 aromatic carbocycles. The number of rotatable bonds is 5. The van der Waals surface area contributed by atoms with Gasteiger partial charge in [0.1, 0.15) is 6.07 Å². The lowest BCUT2D eigenvalue weighted by Crippen LogP contribution is -2.15. The molecule has 0 N–H and O–H groups in total. The van der Waals surface area contributed by atoms with Gasteiger partial charge in [-0.15, -0.1) is 0 Å². The Morgan fingerprint density at radius 3 is 2.63 bits per heavy atom. The van der Waals surface area contributed by atoms with Gasteiger partial charge in [-0.25, -0.2) is 9.67 Å². The summed E-state index contributed by atoms with van der Waals surface area (Å²) in [4.78, 5) is 16.7. The van der Waals surface area contributed by atoms with Crippen LogP contribution in [0.4, 0.5) is 0 Å². The quantitative estimate of drug-likeness (QED) is 0.514. The Morgan fingerprint density at radius 2 is 1.90 bits per heavy atom. The molecule has 0 amide bonds. The molecule has 0 aliphatic rings. The second kappa shape index (κ2) is 8.05. The first kappa shape index (κ1) is 19.2. The summed E-state index contributed by atoms with van der Waals surface area (Å²) in [5, 5.41) is 13.8. The van der Waals surface area contributed by atoms with Gasteiger partial charge >= 0.3 is 0 Å². The van der Waals surface area contributed by atoms with E-state index in [4.69, 9.17) is 4.74 Å². The average molecular weight is 397 g/mol. The van der Waals surface area contributed by atoms with E-state index in [-0.39, 0.29) is 5.56 Å². The van der Waals surface area contributed by atoms with Gasteiger partial charge in [0.15, 0.2) is 0 Å². The molecule has 7 heteroatoms. The summed E-state index contributed by atoms with van der Waals surface area (Å²) in [7, 11) is 1.71. The van der Waals surface area contributed by atoms with Crippen molar-refractivity contribution in [3.05, 3.63) is 83.2 Å². The number of hydrogen-bond acceptors (Lipinski definition) is 5. The predicted octanol–water partition coefficient (Wildman–Crippen LogP) is 3.57. The summed E-state index contributed by atoms with van der Waals surface area (Å²) in [6.45, 7) is 2.43. The lowest BCUT2D eigenvalue weighted by Gasteiger charge is -2.11. The zero-order chi connectivity index (χ0) is 21.1. The molecule has 0 aliphatic carbocycles. The molecule has 30 heavy (non-hydrogen) atoms. The molecule has 0 bridgehead atoms. The molecule has 0 fully saturated rings. The van der Waals surface area contributed by atoms with Crippen LogP contribution in [0.3, 0.4) is 0 Å². The molecule has 3 aromatic heterocycles. The van der Waals surface area contributed by atoms with Gasteiger partial charge in [-0.05, 0) is 30.7 Å². The van der Waals surface area contributed by atoms with E-state index in [1.807, 2.05) is 37.4 Å². The Morgan fingerprint density at radius 1 is 1.07 bits per heavy atom. The van der Waals surface area contributed by atoms with Crippen LogP contribution in [0, 0.1) is 11.3 Å². The highest BCUT2D eigenvalue weighted by molar-refractivity contribution is 5.82. The molecule has 0 unspecified atom stereocenters. The maximum Gasteiger partial charge on any atom is 0.250 e. The van der Waals surface area contributed by atoms with E-state index in [0.29, 0.717) is 23.7 Å². The zero-order valence-corrected chi connectivity index (χ0v) is 16.6. The highest BCUT2D eigenvalue weighted by Gasteiger charge is 2.14. The standard InChI is InChI=1S/C23H19N5O2/c1-3-30-22-9-8-17(12-25-22)19-10-23(29)27(2)15-20(19)18-13-26-28(14-18)21-7-5-4-6-16(21)11-24/h4-10,12-15H,3H2,1-2H3. The molecule has 0 aliphatic heterocycles. The van der Waals surface area contributed by atoms with E-state index >= 15 is 0 Å². The maximum atomic E-state index is 12.3. The maximum absolute atomic E-state index is 12.3. The molecule has 0 saturated carbocycles. The third kappa shape index (κ3) is 3.59. The Balaban J connectivity index is 1.82. The first-order valence-electron chi connectivity index (χ1n) is 9.45. The Bertz CT molecular complexity index is 1300. The minimum absolute atomic E-state index is 0.121. The van der Waals surface area contributed by atoms with Crippen molar-refractivity contribution in [2.45, 2.75) is 6.92 Å². The first-order valence-corrected chi connectivity index (χ1v) is 9.45. The van der Waals surface area contributed by atoms with Gasteiger partial charge in [0.2, 0.25) is 5.88 Å². The Kier molecular flexibility index (Phi) is 5.14.